The maximum Gasteiger partial charge on any atom is 0.435 e. The van der Waals surface area contributed by atoms with E-state index in [9.17, 15) is 4.79 Å². The standard InChI is InChI=1S/C12H16N2O2/c1-10(14(2)3)13-12(15)16-9-11-7-5-4-6-8-11/h4-8H,9H2,1-3H3. The Bertz CT molecular complexity index is 372. The van der Waals surface area contributed by atoms with Crippen molar-refractivity contribution >= 4 is 11.9 Å². The molecule has 1 rings (SSSR count). The van der Waals surface area contributed by atoms with Gasteiger partial charge in [0.15, 0.2) is 0 Å². The van der Waals surface area contributed by atoms with Gasteiger partial charge in [0.25, 0.3) is 0 Å². The minimum absolute atomic E-state index is 0.254. The van der Waals surface area contributed by atoms with Gasteiger partial charge in [-0.25, -0.2) is 4.79 Å². The lowest BCUT2D eigenvalue weighted by Gasteiger charge is -2.10. The van der Waals surface area contributed by atoms with Gasteiger partial charge in [-0.1, -0.05) is 30.3 Å². The Balaban J connectivity index is 2.45. The summed E-state index contributed by atoms with van der Waals surface area (Å²) in [6, 6.07) is 9.51. The number of carbonyl (C=O) groups excluding carboxylic acids is 1. The molecule has 0 aliphatic heterocycles. The van der Waals surface area contributed by atoms with Crippen molar-refractivity contribution in [2.75, 3.05) is 14.1 Å². The summed E-state index contributed by atoms with van der Waals surface area (Å²) in [4.78, 5) is 16.8. The van der Waals surface area contributed by atoms with Gasteiger partial charge >= 0.3 is 6.09 Å². The minimum Gasteiger partial charge on any atom is -0.443 e. The van der Waals surface area contributed by atoms with Crippen LogP contribution in [0.4, 0.5) is 4.79 Å². The van der Waals surface area contributed by atoms with Gasteiger partial charge in [-0.05, 0) is 12.5 Å². The van der Waals surface area contributed by atoms with Gasteiger partial charge in [-0.2, -0.15) is 4.99 Å². The van der Waals surface area contributed by atoms with E-state index in [-0.39, 0.29) is 6.61 Å². The molecule has 4 nitrogen and oxygen atoms in total. The zero-order valence-corrected chi connectivity index (χ0v) is 9.80. The average Bonchev–Trinajstić information content (AvgIpc) is 2.27. The van der Waals surface area contributed by atoms with Crippen LogP contribution in [-0.2, 0) is 11.3 Å². The van der Waals surface area contributed by atoms with E-state index < -0.39 is 6.09 Å². The van der Waals surface area contributed by atoms with Crippen molar-refractivity contribution in [2.24, 2.45) is 4.99 Å². The molecular weight excluding hydrogens is 204 g/mol. The lowest BCUT2D eigenvalue weighted by Crippen LogP contribution is -2.20. The highest BCUT2D eigenvalue weighted by molar-refractivity contribution is 5.89. The fourth-order valence-electron chi connectivity index (χ4n) is 0.984. The Morgan fingerprint density at radius 2 is 1.94 bits per heavy atom. The van der Waals surface area contributed by atoms with Gasteiger partial charge in [0.05, 0.1) is 0 Å². The van der Waals surface area contributed by atoms with Crippen molar-refractivity contribution in [3.8, 4) is 0 Å². The number of ether oxygens (including phenoxy) is 1. The molecule has 1 amide bonds. The molecule has 0 radical (unpaired) electrons. The first-order valence-corrected chi connectivity index (χ1v) is 5.03. The summed E-state index contributed by atoms with van der Waals surface area (Å²) in [7, 11) is 3.65. The van der Waals surface area contributed by atoms with Crippen LogP contribution in [-0.4, -0.2) is 30.9 Å². The summed E-state index contributed by atoms with van der Waals surface area (Å²) in [5.74, 6) is 0.623. The Morgan fingerprint density at radius 1 is 1.31 bits per heavy atom. The van der Waals surface area contributed by atoms with Crippen LogP contribution in [0.2, 0.25) is 0 Å². The highest BCUT2D eigenvalue weighted by atomic mass is 16.5. The first kappa shape index (κ1) is 12.2. The molecular formula is C12H16N2O2. The topological polar surface area (TPSA) is 41.9 Å². The molecule has 86 valence electrons. The highest BCUT2D eigenvalue weighted by Gasteiger charge is 2.02. The average molecular weight is 220 g/mol. The monoisotopic (exact) mass is 220 g/mol. The Kier molecular flexibility index (Phi) is 4.51. The molecule has 0 saturated heterocycles. The van der Waals surface area contributed by atoms with Gasteiger partial charge in [0.1, 0.15) is 12.4 Å². The first-order valence-electron chi connectivity index (χ1n) is 5.03. The Hall–Kier alpha value is -1.84. The molecule has 0 unspecified atom stereocenters. The molecule has 0 N–H and O–H groups in total. The SMILES string of the molecule is CC(=NC(=O)OCc1ccccc1)N(C)C. The summed E-state index contributed by atoms with van der Waals surface area (Å²) in [6.07, 6.45) is -0.560. The van der Waals surface area contributed by atoms with Crippen LogP contribution in [0.3, 0.4) is 0 Å². The molecule has 0 aliphatic rings. The molecule has 4 heteroatoms. The molecule has 0 fully saturated rings. The van der Waals surface area contributed by atoms with Crippen LogP contribution in [0.15, 0.2) is 35.3 Å². The number of carbonyl (C=O) groups is 1. The van der Waals surface area contributed by atoms with Crippen LogP contribution >= 0.6 is 0 Å². The number of benzene rings is 1. The minimum atomic E-state index is -0.560. The Labute approximate surface area is 95.6 Å². The van der Waals surface area contributed by atoms with Crippen molar-refractivity contribution in [3.63, 3.8) is 0 Å². The largest absolute Gasteiger partial charge is 0.443 e. The van der Waals surface area contributed by atoms with Crippen LogP contribution in [0.5, 0.6) is 0 Å². The van der Waals surface area contributed by atoms with Gasteiger partial charge in [0, 0.05) is 14.1 Å². The third-order valence-corrected chi connectivity index (χ3v) is 2.11. The summed E-state index contributed by atoms with van der Waals surface area (Å²) >= 11 is 0. The molecule has 0 aromatic heterocycles. The van der Waals surface area contributed by atoms with Gasteiger partial charge in [0.2, 0.25) is 0 Å². The summed E-state index contributed by atoms with van der Waals surface area (Å²) in [5.41, 5.74) is 0.952. The fourth-order valence-corrected chi connectivity index (χ4v) is 0.984. The molecule has 0 saturated carbocycles. The van der Waals surface area contributed by atoms with Crippen molar-refractivity contribution in [2.45, 2.75) is 13.5 Å². The van der Waals surface area contributed by atoms with Crippen LogP contribution < -0.4 is 0 Å². The van der Waals surface area contributed by atoms with Crippen LogP contribution in [0.1, 0.15) is 12.5 Å². The zero-order chi connectivity index (χ0) is 12.0. The summed E-state index contributed by atoms with van der Waals surface area (Å²) < 4.78 is 5.00. The Morgan fingerprint density at radius 3 is 2.50 bits per heavy atom. The lowest BCUT2D eigenvalue weighted by atomic mass is 10.2. The maximum absolute atomic E-state index is 11.3. The quantitative estimate of drug-likeness (QED) is 0.567. The molecule has 16 heavy (non-hydrogen) atoms. The van der Waals surface area contributed by atoms with E-state index in [1.54, 1.807) is 11.8 Å². The second-order valence-electron chi connectivity index (χ2n) is 3.59. The number of amidine groups is 1. The number of hydrogen-bond acceptors (Lipinski definition) is 2. The first-order chi connectivity index (χ1) is 7.59. The van der Waals surface area contributed by atoms with Crippen LogP contribution in [0, 0.1) is 0 Å². The van der Waals surface area contributed by atoms with Crippen molar-refractivity contribution in [3.05, 3.63) is 35.9 Å². The van der Waals surface area contributed by atoms with E-state index in [0.717, 1.165) is 5.56 Å². The molecule has 0 spiro atoms. The third-order valence-electron chi connectivity index (χ3n) is 2.11. The van der Waals surface area contributed by atoms with E-state index in [0.29, 0.717) is 5.84 Å². The third kappa shape index (κ3) is 4.13. The van der Waals surface area contributed by atoms with Gasteiger partial charge < -0.3 is 9.64 Å². The lowest BCUT2D eigenvalue weighted by molar-refractivity contribution is 0.150. The number of hydrogen-bond donors (Lipinski definition) is 0. The number of rotatable bonds is 2. The van der Waals surface area contributed by atoms with E-state index in [2.05, 4.69) is 4.99 Å². The smallest absolute Gasteiger partial charge is 0.435 e. The van der Waals surface area contributed by atoms with Crippen molar-refractivity contribution < 1.29 is 9.53 Å². The fraction of sp³-hybridized carbons (Fsp3) is 0.333. The second kappa shape index (κ2) is 5.90. The summed E-state index contributed by atoms with van der Waals surface area (Å²) in [6.45, 7) is 2.01. The van der Waals surface area contributed by atoms with Gasteiger partial charge in [-0.15, -0.1) is 0 Å². The second-order valence-corrected chi connectivity index (χ2v) is 3.59. The van der Waals surface area contributed by atoms with E-state index >= 15 is 0 Å². The van der Waals surface area contributed by atoms with Crippen molar-refractivity contribution in [1.82, 2.24) is 4.90 Å². The molecule has 0 heterocycles. The molecule has 0 atom stereocenters. The molecule has 0 bridgehead atoms. The number of amides is 1. The number of nitrogens with zero attached hydrogens (tertiary/aromatic N) is 2. The number of aliphatic imine (C=N–C) groups is 1. The zero-order valence-electron chi connectivity index (χ0n) is 9.80. The predicted molar refractivity (Wildman–Crippen MR) is 63.4 cm³/mol. The van der Waals surface area contributed by atoms with Crippen molar-refractivity contribution in [1.29, 1.82) is 0 Å². The van der Waals surface area contributed by atoms with Gasteiger partial charge in [-0.3, -0.25) is 0 Å². The predicted octanol–water partition coefficient (Wildman–Crippen LogP) is 2.30. The highest BCUT2D eigenvalue weighted by Crippen LogP contribution is 2.01. The molecule has 0 aliphatic carbocycles. The molecule has 1 aromatic rings. The maximum atomic E-state index is 11.3. The van der Waals surface area contributed by atoms with Crippen LogP contribution in [0.25, 0.3) is 0 Å². The normalized spacial score (nSPS) is 11.1. The van der Waals surface area contributed by atoms with E-state index in [1.165, 1.54) is 0 Å². The molecule has 1 aromatic carbocycles. The van der Waals surface area contributed by atoms with E-state index in [1.807, 2.05) is 44.4 Å². The summed E-state index contributed by atoms with van der Waals surface area (Å²) in [5, 5.41) is 0. The van der Waals surface area contributed by atoms with E-state index in [4.69, 9.17) is 4.74 Å².